The number of amides is 2. The maximum absolute atomic E-state index is 12.6. The summed E-state index contributed by atoms with van der Waals surface area (Å²) in [6.07, 6.45) is 0.753. The van der Waals surface area contributed by atoms with E-state index in [2.05, 4.69) is 16.4 Å². The number of pyridine rings is 1. The minimum atomic E-state index is -0.264. The lowest BCUT2D eigenvalue weighted by Gasteiger charge is -2.17. The molecular weight excluding hydrogens is 342 g/mol. The lowest BCUT2D eigenvalue weighted by atomic mass is 10.1. The summed E-state index contributed by atoms with van der Waals surface area (Å²) in [6.45, 7) is 0.501. The predicted molar refractivity (Wildman–Crippen MR) is 103 cm³/mol. The van der Waals surface area contributed by atoms with Gasteiger partial charge in [-0.05, 0) is 42.3 Å². The molecule has 0 atom stereocenters. The molecular formula is C21H19N3O3. The Balaban J connectivity index is 1.52. The highest BCUT2D eigenvalue weighted by atomic mass is 16.5. The van der Waals surface area contributed by atoms with E-state index in [1.54, 1.807) is 36.3 Å². The molecule has 0 unspecified atom stereocenters. The van der Waals surface area contributed by atoms with Gasteiger partial charge < -0.3 is 10.1 Å². The Labute approximate surface area is 156 Å². The molecule has 2 heterocycles. The van der Waals surface area contributed by atoms with Gasteiger partial charge in [-0.15, -0.1) is 0 Å². The quantitative estimate of drug-likeness (QED) is 0.775. The number of nitrogens with one attached hydrogen (secondary N) is 1. The number of ether oxygens (including phenoxy) is 1. The van der Waals surface area contributed by atoms with Gasteiger partial charge in [0.25, 0.3) is 5.91 Å². The average molecular weight is 361 g/mol. The van der Waals surface area contributed by atoms with Gasteiger partial charge in [0, 0.05) is 23.6 Å². The number of benzene rings is 2. The summed E-state index contributed by atoms with van der Waals surface area (Å²) in [5, 5.41) is 3.70. The zero-order valence-electron chi connectivity index (χ0n) is 14.9. The maximum atomic E-state index is 12.6. The molecule has 0 radical (unpaired) electrons. The topological polar surface area (TPSA) is 71.5 Å². The molecule has 1 aliphatic rings. The van der Waals surface area contributed by atoms with Crippen molar-refractivity contribution in [2.75, 3.05) is 25.1 Å². The standard InChI is InChI=1S/C21H19N3O3/c1-27-17-8-7-15-11-16-9-10-24(20(16)23-18(15)12-17)19(25)13-22-21(26)14-5-3-2-4-6-14/h2-8,11-12H,9-10,13H2,1H3,(H,22,26). The lowest BCUT2D eigenvalue weighted by molar-refractivity contribution is -0.117. The molecule has 0 spiro atoms. The minimum absolute atomic E-state index is 0.0645. The second-order valence-corrected chi connectivity index (χ2v) is 6.37. The van der Waals surface area contributed by atoms with Crippen molar-refractivity contribution in [3.8, 4) is 5.75 Å². The number of fused-ring (bicyclic) bond motifs is 2. The average Bonchev–Trinajstić information content (AvgIpc) is 3.13. The van der Waals surface area contributed by atoms with E-state index in [1.165, 1.54) is 0 Å². The number of methoxy groups -OCH3 is 1. The second kappa shape index (κ2) is 7.07. The van der Waals surface area contributed by atoms with Crippen molar-refractivity contribution in [1.29, 1.82) is 0 Å². The molecule has 2 amide bonds. The molecule has 4 rings (SSSR count). The summed E-state index contributed by atoms with van der Waals surface area (Å²) in [5.41, 5.74) is 2.35. The van der Waals surface area contributed by atoms with Crippen LogP contribution in [0.1, 0.15) is 15.9 Å². The molecule has 27 heavy (non-hydrogen) atoms. The van der Waals surface area contributed by atoms with E-state index >= 15 is 0 Å². The number of rotatable bonds is 4. The SMILES string of the molecule is COc1ccc2cc3c(nc2c1)N(C(=O)CNC(=O)c1ccccc1)CC3. The fraction of sp³-hybridized carbons (Fsp3) is 0.190. The summed E-state index contributed by atoms with van der Waals surface area (Å²) >= 11 is 0. The third-order valence-corrected chi connectivity index (χ3v) is 4.68. The van der Waals surface area contributed by atoms with Gasteiger partial charge in [0.15, 0.2) is 0 Å². The summed E-state index contributed by atoms with van der Waals surface area (Å²) < 4.78 is 5.25. The normalized spacial score (nSPS) is 12.7. The van der Waals surface area contributed by atoms with Gasteiger partial charge in [-0.3, -0.25) is 14.5 Å². The van der Waals surface area contributed by atoms with Crippen LogP contribution in [-0.4, -0.2) is 37.0 Å². The van der Waals surface area contributed by atoms with Gasteiger partial charge in [0.05, 0.1) is 19.2 Å². The molecule has 0 aliphatic carbocycles. The first-order chi connectivity index (χ1) is 13.2. The fourth-order valence-electron chi connectivity index (χ4n) is 3.25. The van der Waals surface area contributed by atoms with Crippen LogP contribution in [0, 0.1) is 0 Å². The molecule has 6 nitrogen and oxygen atoms in total. The van der Waals surface area contributed by atoms with Gasteiger partial charge in [-0.1, -0.05) is 18.2 Å². The van der Waals surface area contributed by atoms with Crippen LogP contribution >= 0.6 is 0 Å². The van der Waals surface area contributed by atoms with Crippen LogP contribution in [0.3, 0.4) is 0 Å². The fourth-order valence-corrected chi connectivity index (χ4v) is 3.25. The van der Waals surface area contributed by atoms with E-state index in [0.717, 1.165) is 28.6 Å². The van der Waals surface area contributed by atoms with Crippen molar-refractivity contribution >= 4 is 28.5 Å². The minimum Gasteiger partial charge on any atom is -0.497 e. The molecule has 6 heteroatoms. The van der Waals surface area contributed by atoms with Gasteiger partial charge >= 0.3 is 0 Å². The van der Waals surface area contributed by atoms with Crippen LogP contribution in [0.2, 0.25) is 0 Å². The smallest absolute Gasteiger partial charge is 0.251 e. The Kier molecular flexibility index (Phi) is 4.46. The van der Waals surface area contributed by atoms with E-state index in [0.29, 0.717) is 17.9 Å². The molecule has 0 saturated heterocycles. The highest BCUT2D eigenvalue weighted by molar-refractivity contribution is 6.01. The Morgan fingerprint density at radius 1 is 1.15 bits per heavy atom. The lowest BCUT2D eigenvalue weighted by Crippen LogP contribution is -2.39. The summed E-state index contributed by atoms with van der Waals surface area (Å²) in [5.74, 6) is 0.947. The van der Waals surface area contributed by atoms with Crippen molar-refractivity contribution in [2.45, 2.75) is 6.42 Å². The molecule has 1 N–H and O–H groups in total. The first-order valence-electron chi connectivity index (χ1n) is 8.77. The molecule has 0 saturated carbocycles. The van der Waals surface area contributed by atoms with Crippen LogP contribution in [0.5, 0.6) is 5.75 Å². The Hall–Kier alpha value is -3.41. The Morgan fingerprint density at radius 3 is 2.74 bits per heavy atom. The third-order valence-electron chi connectivity index (χ3n) is 4.68. The zero-order valence-corrected chi connectivity index (χ0v) is 14.9. The number of carbonyl (C=O) groups excluding carboxylic acids is 2. The molecule has 0 bridgehead atoms. The van der Waals surface area contributed by atoms with Crippen LogP contribution in [0.4, 0.5) is 5.82 Å². The first kappa shape index (κ1) is 17.0. The van der Waals surface area contributed by atoms with Crippen LogP contribution in [-0.2, 0) is 11.2 Å². The molecule has 2 aromatic carbocycles. The van der Waals surface area contributed by atoms with Crippen molar-refractivity contribution < 1.29 is 14.3 Å². The van der Waals surface area contributed by atoms with Gasteiger partial charge in [0.1, 0.15) is 11.6 Å². The van der Waals surface area contributed by atoms with Crippen molar-refractivity contribution in [2.24, 2.45) is 0 Å². The van der Waals surface area contributed by atoms with E-state index in [4.69, 9.17) is 4.74 Å². The number of hydrogen-bond acceptors (Lipinski definition) is 4. The summed E-state index contributed by atoms with van der Waals surface area (Å²) in [4.78, 5) is 31.1. The van der Waals surface area contributed by atoms with Gasteiger partial charge in [-0.2, -0.15) is 0 Å². The summed E-state index contributed by atoms with van der Waals surface area (Å²) in [6, 6.07) is 16.6. The van der Waals surface area contributed by atoms with E-state index in [1.807, 2.05) is 24.3 Å². The highest BCUT2D eigenvalue weighted by Gasteiger charge is 2.27. The predicted octanol–water partition coefficient (Wildman–Crippen LogP) is 2.56. The van der Waals surface area contributed by atoms with E-state index in [9.17, 15) is 9.59 Å². The number of carbonyl (C=O) groups is 2. The second-order valence-electron chi connectivity index (χ2n) is 6.37. The molecule has 3 aromatic rings. The number of aromatic nitrogens is 1. The van der Waals surface area contributed by atoms with Crippen molar-refractivity contribution in [1.82, 2.24) is 10.3 Å². The van der Waals surface area contributed by atoms with Gasteiger partial charge in [-0.25, -0.2) is 4.98 Å². The van der Waals surface area contributed by atoms with E-state index in [-0.39, 0.29) is 18.4 Å². The molecule has 136 valence electrons. The number of hydrogen-bond donors (Lipinski definition) is 1. The van der Waals surface area contributed by atoms with Crippen LogP contribution < -0.4 is 15.0 Å². The first-order valence-corrected chi connectivity index (χ1v) is 8.77. The maximum Gasteiger partial charge on any atom is 0.251 e. The number of anilines is 1. The molecule has 1 aliphatic heterocycles. The monoisotopic (exact) mass is 361 g/mol. The van der Waals surface area contributed by atoms with Crippen molar-refractivity contribution in [3.05, 3.63) is 65.7 Å². The van der Waals surface area contributed by atoms with Crippen LogP contribution in [0.15, 0.2) is 54.6 Å². The van der Waals surface area contributed by atoms with Crippen molar-refractivity contribution in [3.63, 3.8) is 0 Å². The third kappa shape index (κ3) is 3.33. The Bertz CT molecular complexity index is 1020. The van der Waals surface area contributed by atoms with Gasteiger partial charge in [0.2, 0.25) is 5.91 Å². The molecule has 1 aromatic heterocycles. The molecule has 0 fully saturated rings. The van der Waals surface area contributed by atoms with E-state index < -0.39 is 0 Å². The largest absolute Gasteiger partial charge is 0.497 e. The van der Waals surface area contributed by atoms with Crippen LogP contribution in [0.25, 0.3) is 10.9 Å². The number of nitrogens with zero attached hydrogens (tertiary/aromatic N) is 2. The zero-order chi connectivity index (χ0) is 18.8. The highest BCUT2D eigenvalue weighted by Crippen LogP contribution is 2.30. The summed E-state index contributed by atoms with van der Waals surface area (Å²) in [7, 11) is 1.61. The Morgan fingerprint density at radius 2 is 1.96 bits per heavy atom.